The summed E-state index contributed by atoms with van der Waals surface area (Å²) in [5.41, 5.74) is -0.0154. The number of hydrogen-bond acceptors (Lipinski definition) is 3. The van der Waals surface area contributed by atoms with Crippen LogP contribution in [0, 0.1) is 5.41 Å². The van der Waals surface area contributed by atoms with Gasteiger partial charge in [0.1, 0.15) is 5.41 Å². The Kier molecular flexibility index (Phi) is 6.05. The molecule has 0 unspecified atom stereocenters. The molecule has 0 aromatic heterocycles. The van der Waals surface area contributed by atoms with Gasteiger partial charge in [0, 0.05) is 16.3 Å². The number of carbonyl (C=O) groups excluding carboxylic acids is 3. The molecule has 0 aliphatic heterocycles. The normalized spacial score (nSPS) is 11.0. The zero-order valence-corrected chi connectivity index (χ0v) is 16.0. The van der Waals surface area contributed by atoms with E-state index in [0.29, 0.717) is 27.0 Å². The number of benzene rings is 2. The predicted octanol–water partition coefficient (Wildman–Crippen LogP) is 4.80. The Hall–Kier alpha value is -2.37. The number of nitrogens with one attached hydrogen (secondary N) is 2. The van der Waals surface area contributed by atoms with E-state index in [9.17, 15) is 14.4 Å². The number of amides is 2. The van der Waals surface area contributed by atoms with Crippen LogP contribution in [0.25, 0.3) is 0 Å². The maximum atomic E-state index is 12.6. The fourth-order valence-corrected chi connectivity index (χ4v) is 2.39. The van der Waals surface area contributed by atoms with E-state index in [4.69, 9.17) is 23.2 Å². The molecule has 5 nitrogen and oxygen atoms in total. The van der Waals surface area contributed by atoms with Gasteiger partial charge >= 0.3 is 0 Å². The molecule has 2 aromatic carbocycles. The Morgan fingerprint density at radius 3 is 2.04 bits per heavy atom. The van der Waals surface area contributed by atoms with E-state index in [0.717, 1.165) is 0 Å². The van der Waals surface area contributed by atoms with E-state index in [2.05, 4.69) is 10.6 Å². The zero-order chi connectivity index (χ0) is 19.5. The average molecular weight is 393 g/mol. The third-order valence-electron chi connectivity index (χ3n) is 3.86. The molecule has 136 valence electrons. The minimum absolute atomic E-state index is 0.0685. The quantitative estimate of drug-likeness (QED) is 0.566. The van der Waals surface area contributed by atoms with Crippen LogP contribution in [0.2, 0.25) is 10.0 Å². The highest BCUT2D eigenvalue weighted by Gasteiger charge is 2.36. The largest absolute Gasteiger partial charge is 0.325 e. The summed E-state index contributed by atoms with van der Waals surface area (Å²) in [6.45, 7) is 4.46. The smallest absolute Gasteiger partial charge is 0.239 e. The van der Waals surface area contributed by atoms with Crippen LogP contribution in [0.5, 0.6) is 0 Å². The highest BCUT2D eigenvalue weighted by molar-refractivity contribution is 6.36. The van der Waals surface area contributed by atoms with E-state index in [1.807, 2.05) is 0 Å². The second kappa shape index (κ2) is 7.89. The summed E-state index contributed by atoms with van der Waals surface area (Å²) < 4.78 is 0. The lowest BCUT2D eigenvalue weighted by molar-refractivity contribution is -0.135. The molecule has 2 N–H and O–H groups in total. The van der Waals surface area contributed by atoms with Gasteiger partial charge in [0.2, 0.25) is 11.8 Å². The van der Waals surface area contributed by atoms with E-state index in [1.54, 1.807) is 36.4 Å². The van der Waals surface area contributed by atoms with Crippen molar-refractivity contribution < 1.29 is 14.4 Å². The number of carbonyl (C=O) groups is 3. The summed E-state index contributed by atoms with van der Waals surface area (Å²) in [6.07, 6.45) is 0. The maximum Gasteiger partial charge on any atom is 0.239 e. The van der Waals surface area contributed by atoms with Gasteiger partial charge in [0.05, 0.1) is 10.7 Å². The molecule has 26 heavy (non-hydrogen) atoms. The summed E-state index contributed by atoms with van der Waals surface area (Å²) in [4.78, 5) is 36.4. The van der Waals surface area contributed by atoms with Crippen LogP contribution in [-0.4, -0.2) is 17.6 Å². The van der Waals surface area contributed by atoms with Crippen LogP contribution >= 0.6 is 23.2 Å². The standard InChI is InChI=1S/C19H18Cl2N2O3/c1-11(24)12-4-7-14(8-5-12)22-17(25)19(2,3)18(26)23-16-10-13(20)6-9-15(16)21/h4-10H,1-3H3,(H,22,25)(H,23,26). The van der Waals surface area contributed by atoms with E-state index in [-0.39, 0.29) is 5.78 Å². The van der Waals surface area contributed by atoms with Crippen molar-refractivity contribution in [3.8, 4) is 0 Å². The van der Waals surface area contributed by atoms with Gasteiger partial charge in [-0.15, -0.1) is 0 Å². The molecule has 0 fully saturated rings. The molecule has 0 aliphatic carbocycles. The average Bonchev–Trinajstić information content (AvgIpc) is 2.58. The first-order valence-electron chi connectivity index (χ1n) is 7.80. The third kappa shape index (κ3) is 4.62. The molecule has 0 saturated heterocycles. The van der Waals surface area contributed by atoms with Crippen molar-refractivity contribution in [2.75, 3.05) is 10.6 Å². The van der Waals surface area contributed by atoms with Crippen molar-refractivity contribution in [3.05, 3.63) is 58.1 Å². The highest BCUT2D eigenvalue weighted by Crippen LogP contribution is 2.28. The molecular formula is C19H18Cl2N2O3. The second-order valence-electron chi connectivity index (χ2n) is 6.29. The molecule has 0 saturated carbocycles. The third-order valence-corrected chi connectivity index (χ3v) is 4.43. The van der Waals surface area contributed by atoms with Gasteiger partial charge < -0.3 is 10.6 Å². The van der Waals surface area contributed by atoms with Crippen LogP contribution in [0.15, 0.2) is 42.5 Å². The minimum atomic E-state index is -1.37. The molecule has 2 rings (SSSR count). The Morgan fingerprint density at radius 2 is 1.46 bits per heavy atom. The number of Topliss-reactive ketones (excluding diaryl/α,β-unsaturated/α-hetero) is 1. The van der Waals surface area contributed by atoms with Gasteiger partial charge in [0.15, 0.2) is 5.78 Å². The van der Waals surface area contributed by atoms with Crippen molar-refractivity contribution >= 4 is 52.2 Å². The molecule has 0 bridgehead atoms. The van der Waals surface area contributed by atoms with Gasteiger partial charge in [-0.05, 0) is 63.2 Å². The van der Waals surface area contributed by atoms with E-state index < -0.39 is 17.2 Å². The molecule has 7 heteroatoms. The predicted molar refractivity (Wildman–Crippen MR) is 104 cm³/mol. The summed E-state index contributed by atoms with van der Waals surface area (Å²) in [5, 5.41) is 6.02. The molecule has 2 amide bonds. The van der Waals surface area contributed by atoms with Crippen molar-refractivity contribution in [1.29, 1.82) is 0 Å². The zero-order valence-electron chi connectivity index (χ0n) is 14.5. The number of anilines is 2. The molecule has 0 atom stereocenters. The van der Waals surface area contributed by atoms with Crippen LogP contribution < -0.4 is 10.6 Å². The van der Waals surface area contributed by atoms with Crippen molar-refractivity contribution in [2.45, 2.75) is 20.8 Å². The van der Waals surface area contributed by atoms with Gasteiger partial charge in [-0.3, -0.25) is 14.4 Å². The van der Waals surface area contributed by atoms with Crippen LogP contribution in [-0.2, 0) is 9.59 Å². The lowest BCUT2D eigenvalue weighted by atomic mass is 9.90. The number of rotatable bonds is 5. The summed E-state index contributed by atoms with van der Waals surface area (Å²) in [6, 6.07) is 11.1. The van der Waals surface area contributed by atoms with Gasteiger partial charge in [0.25, 0.3) is 0 Å². The first kappa shape index (κ1) is 19.9. The molecule has 0 radical (unpaired) electrons. The topological polar surface area (TPSA) is 75.3 Å². The maximum absolute atomic E-state index is 12.6. The first-order valence-corrected chi connectivity index (χ1v) is 8.56. The van der Waals surface area contributed by atoms with Crippen molar-refractivity contribution in [1.82, 2.24) is 0 Å². The highest BCUT2D eigenvalue weighted by atomic mass is 35.5. The Balaban J connectivity index is 2.12. The lowest BCUT2D eigenvalue weighted by Gasteiger charge is -2.23. The number of halogens is 2. The fraction of sp³-hybridized carbons (Fsp3) is 0.211. The second-order valence-corrected chi connectivity index (χ2v) is 7.13. The Bertz CT molecular complexity index is 862. The Labute approximate surface area is 161 Å². The first-order chi connectivity index (χ1) is 12.1. The fourth-order valence-electron chi connectivity index (χ4n) is 2.05. The van der Waals surface area contributed by atoms with Crippen LogP contribution in [0.3, 0.4) is 0 Å². The van der Waals surface area contributed by atoms with Gasteiger partial charge in [-0.2, -0.15) is 0 Å². The number of ketones is 1. The molecule has 0 heterocycles. The molecule has 0 aliphatic rings. The monoisotopic (exact) mass is 392 g/mol. The van der Waals surface area contributed by atoms with Gasteiger partial charge in [-0.1, -0.05) is 23.2 Å². The molecule has 0 spiro atoms. The minimum Gasteiger partial charge on any atom is -0.325 e. The lowest BCUT2D eigenvalue weighted by Crippen LogP contribution is -2.41. The van der Waals surface area contributed by atoms with Crippen molar-refractivity contribution in [2.24, 2.45) is 5.41 Å². The summed E-state index contributed by atoms with van der Waals surface area (Å²) in [5.74, 6) is -1.09. The Morgan fingerprint density at radius 1 is 0.885 bits per heavy atom. The van der Waals surface area contributed by atoms with Crippen LogP contribution in [0.1, 0.15) is 31.1 Å². The van der Waals surface area contributed by atoms with Gasteiger partial charge in [-0.25, -0.2) is 0 Å². The SMILES string of the molecule is CC(=O)c1ccc(NC(=O)C(C)(C)C(=O)Nc2cc(Cl)ccc2Cl)cc1. The number of hydrogen-bond donors (Lipinski definition) is 2. The van der Waals surface area contributed by atoms with E-state index >= 15 is 0 Å². The van der Waals surface area contributed by atoms with Crippen LogP contribution in [0.4, 0.5) is 11.4 Å². The molecular weight excluding hydrogens is 375 g/mol. The summed E-state index contributed by atoms with van der Waals surface area (Å²) >= 11 is 11.9. The van der Waals surface area contributed by atoms with Crippen molar-refractivity contribution in [3.63, 3.8) is 0 Å². The summed E-state index contributed by atoms with van der Waals surface area (Å²) in [7, 11) is 0. The van der Waals surface area contributed by atoms with E-state index in [1.165, 1.54) is 26.8 Å². The molecule has 2 aromatic rings.